The van der Waals surface area contributed by atoms with Crippen molar-refractivity contribution in [3.05, 3.63) is 33.4 Å². The van der Waals surface area contributed by atoms with Crippen molar-refractivity contribution in [3.63, 3.8) is 0 Å². The number of nitrogens with zero attached hydrogens (tertiary/aromatic N) is 6. The van der Waals surface area contributed by atoms with Gasteiger partial charge in [-0.2, -0.15) is 0 Å². The van der Waals surface area contributed by atoms with Crippen LogP contribution in [0, 0.1) is 0 Å². The minimum atomic E-state index is -5.41. The fraction of sp³-hybridized carbons (Fsp3) is 0.615. The van der Waals surface area contributed by atoms with Crippen LogP contribution in [-0.2, 0) is 64.6 Å². The number of phosphoric acid groups is 3. The zero-order chi connectivity index (χ0) is 43.4. The third-order valence-corrected chi connectivity index (χ3v) is 11.5. The Morgan fingerprint density at radius 2 is 1.20 bits per heavy atom. The SMILES string of the molecule is CO[C@@H]1[C@H](O)[C@@H](COP(=O)(O)OCC(COP(=O)(O)OC[C@H]2O[C@@H]([n+]3cn(C)c4c(=O)[nH]c(N)nc43)[C@H](O)[C@@H]2O)OP(=O)(O)O)O[C@H]1[n+]1cn(C)c2c(=O)[nH]c(N)nc21. The number of nitrogens with one attached hydrogen (secondary N) is 2. The van der Waals surface area contributed by atoms with E-state index in [0.29, 0.717) is 0 Å². The summed E-state index contributed by atoms with van der Waals surface area (Å²) in [5.41, 5.74) is 10.3. The zero-order valence-electron chi connectivity index (χ0n) is 30.8. The molecule has 0 spiro atoms. The summed E-state index contributed by atoms with van der Waals surface area (Å²) in [7, 11) is -11.5. The fourth-order valence-electron chi connectivity index (χ4n) is 6.41. The number of imidazole rings is 2. The highest BCUT2D eigenvalue weighted by Gasteiger charge is 2.50. The first kappa shape index (κ1) is 44.9. The molecule has 6 heterocycles. The van der Waals surface area contributed by atoms with Crippen molar-refractivity contribution in [1.82, 2.24) is 29.1 Å². The Kier molecular flexibility index (Phi) is 13.0. The number of nitrogens with two attached hydrogens (primary N) is 2. The van der Waals surface area contributed by atoms with E-state index in [-0.39, 0.29) is 34.2 Å². The number of aromatic nitrogens is 8. The van der Waals surface area contributed by atoms with Gasteiger partial charge < -0.3 is 60.6 Å². The van der Waals surface area contributed by atoms with Crippen LogP contribution < -0.4 is 31.7 Å². The van der Waals surface area contributed by atoms with Crippen molar-refractivity contribution < 1.29 is 94.6 Å². The van der Waals surface area contributed by atoms with Crippen LogP contribution in [0.2, 0.25) is 0 Å². The van der Waals surface area contributed by atoms with Crippen LogP contribution >= 0.6 is 23.5 Å². The molecule has 6 rings (SSSR count). The van der Waals surface area contributed by atoms with E-state index in [1.165, 1.54) is 52.1 Å². The standard InChI is InChI=1S/C26H39N10O20P3/c1-33-8-35(19-13(33)21(40)31-25(27)29-19)23-17(39)15(37)11(54-23)6-52-58(45,46)50-4-10(56-57(42,43)44)5-51-59(47,48)53-7-12-16(38)18(49-3)24(55-12)36-9-34(2)14-20(36)30-26(28)32-22(14)41/h8-12,15-18,23-24,37-39H,4-7H2,1-3H3,(H8-2,27,28,29,30,31,32,40,41,42,43,44,45,46,47,48)/p+2/t10?,11-,12-,15-,16-,17-,18-,23-,24-/m1/s1. The molecule has 2 saturated heterocycles. The number of aryl methyl sites for hydroxylation is 2. The summed E-state index contributed by atoms with van der Waals surface area (Å²) >= 11 is 0. The number of aromatic amines is 2. The van der Waals surface area contributed by atoms with Gasteiger partial charge >= 0.3 is 34.8 Å². The van der Waals surface area contributed by atoms with E-state index in [2.05, 4.69) is 24.5 Å². The third-order valence-electron chi connectivity index (χ3n) is 8.99. The Bertz CT molecular complexity index is 2460. The summed E-state index contributed by atoms with van der Waals surface area (Å²) < 4.78 is 83.2. The molecule has 0 bridgehead atoms. The molecule has 0 aromatic carbocycles. The van der Waals surface area contributed by atoms with Crippen molar-refractivity contribution in [1.29, 1.82) is 0 Å². The number of ether oxygens (including phenoxy) is 3. The highest BCUT2D eigenvalue weighted by Crippen LogP contribution is 2.48. The van der Waals surface area contributed by atoms with E-state index in [1.807, 2.05) is 0 Å². The van der Waals surface area contributed by atoms with Crippen LogP contribution in [0.1, 0.15) is 12.5 Å². The second-order valence-corrected chi connectivity index (χ2v) is 17.3. The summed E-state index contributed by atoms with van der Waals surface area (Å²) in [6, 6.07) is 0. The van der Waals surface area contributed by atoms with Gasteiger partial charge in [0.1, 0.15) is 42.7 Å². The molecule has 0 saturated carbocycles. The van der Waals surface area contributed by atoms with Gasteiger partial charge in [-0.1, -0.05) is 9.97 Å². The summed E-state index contributed by atoms with van der Waals surface area (Å²) in [6.07, 6.45) is -10.8. The van der Waals surface area contributed by atoms with Gasteiger partial charge in [0.05, 0.1) is 40.5 Å². The van der Waals surface area contributed by atoms with E-state index >= 15 is 0 Å². The molecule has 59 heavy (non-hydrogen) atoms. The predicted molar refractivity (Wildman–Crippen MR) is 189 cm³/mol. The number of aliphatic hydroxyl groups is 3. The monoisotopic (exact) mass is 906 g/mol. The lowest BCUT2D eigenvalue weighted by Crippen LogP contribution is -2.47. The van der Waals surface area contributed by atoms with Gasteiger partial charge in [0.15, 0.2) is 12.7 Å². The van der Waals surface area contributed by atoms with Gasteiger partial charge in [0, 0.05) is 7.11 Å². The topological polar surface area (TPSA) is 428 Å². The van der Waals surface area contributed by atoms with Crippen molar-refractivity contribution in [2.45, 2.75) is 55.2 Å². The maximum absolute atomic E-state index is 12.8. The average molecular weight is 907 g/mol. The fourth-order valence-corrected chi connectivity index (χ4v) is 8.45. The Morgan fingerprint density at radius 1 is 0.763 bits per heavy atom. The average Bonchev–Trinajstić information content (AvgIpc) is 3.83. The lowest BCUT2D eigenvalue weighted by molar-refractivity contribution is -0.746. The number of rotatable bonds is 17. The molecule has 0 radical (unpaired) electrons. The Labute approximate surface area is 328 Å². The minimum Gasteiger partial charge on any atom is -0.387 e. The van der Waals surface area contributed by atoms with Crippen LogP contribution in [0.5, 0.6) is 0 Å². The molecule has 328 valence electrons. The molecular formula is C26H41N10O20P3+2. The van der Waals surface area contributed by atoms with E-state index in [9.17, 15) is 58.2 Å². The predicted octanol–water partition coefficient (Wildman–Crippen LogP) is -5.09. The number of hydrogen-bond donors (Lipinski definition) is 11. The van der Waals surface area contributed by atoms with Crippen LogP contribution in [0.15, 0.2) is 22.2 Å². The van der Waals surface area contributed by atoms with Crippen molar-refractivity contribution >= 4 is 57.7 Å². The van der Waals surface area contributed by atoms with Crippen molar-refractivity contribution in [2.24, 2.45) is 14.1 Å². The first-order chi connectivity index (χ1) is 27.5. The number of anilines is 2. The highest BCUT2D eigenvalue weighted by molar-refractivity contribution is 7.47. The summed E-state index contributed by atoms with van der Waals surface area (Å²) in [6.45, 7) is -4.16. The first-order valence-corrected chi connectivity index (χ1v) is 21.4. The van der Waals surface area contributed by atoms with Crippen LogP contribution in [-0.4, -0.2) is 140 Å². The van der Waals surface area contributed by atoms with E-state index in [1.54, 1.807) is 0 Å². The molecule has 0 aliphatic carbocycles. The van der Waals surface area contributed by atoms with Gasteiger partial charge in [0.2, 0.25) is 23.5 Å². The Balaban J connectivity index is 1.04. The molecular weight excluding hydrogens is 865 g/mol. The van der Waals surface area contributed by atoms with Crippen molar-refractivity contribution in [2.75, 3.05) is 45.0 Å². The van der Waals surface area contributed by atoms with Gasteiger partial charge in [-0.05, 0) is 0 Å². The molecule has 30 nitrogen and oxygen atoms in total. The third kappa shape index (κ3) is 9.81. The van der Waals surface area contributed by atoms with Crippen molar-refractivity contribution in [3.8, 4) is 0 Å². The van der Waals surface area contributed by atoms with E-state index < -0.39 is 116 Å². The number of H-pyrrole nitrogens is 2. The molecule has 2 aliphatic heterocycles. The number of methoxy groups -OCH3 is 1. The van der Waals surface area contributed by atoms with E-state index in [0.717, 1.165) is 0 Å². The molecule has 4 aromatic heterocycles. The second-order valence-electron chi connectivity index (χ2n) is 13.2. The maximum Gasteiger partial charge on any atom is 0.472 e. The molecule has 13 N–H and O–H groups in total. The number of phosphoric ester groups is 3. The summed E-state index contributed by atoms with van der Waals surface area (Å²) in [5, 5.41) is 32.2. The normalized spacial score (nSPS) is 27.7. The lowest BCUT2D eigenvalue weighted by atomic mass is 10.1. The maximum atomic E-state index is 12.8. The Morgan fingerprint density at radius 3 is 1.66 bits per heavy atom. The van der Waals surface area contributed by atoms with Crippen LogP contribution in [0.25, 0.3) is 22.3 Å². The quantitative estimate of drug-likeness (QED) is 0.0349. The number of hydrogen-bond acceptors (Lipinski definition) is 20. The molecule has 2 fully saturated rings. The first-order valence-electron chi connectivity index (χ1n) is 16.9. The second kappa shape index (κ2) is 17.0. The van der Waals surface area contributed by atoms with Crippen LogP contribution in [0.3, 0.4) is 0 Å². The highest BCUT2D eigenvalue weighted by atomic mass is 31.2. The Hall–Kier alpha value is -3.61. The minimum absolute atomic E-state index is 0.0310. The molecule has 4 aromatic rings. The zero-order valence-corrected chi connectivity index (χ0v) is 33.5. The number of fused-ring (bicyclic) bond motifs is 2. The number of aliphatic hydroxyl groups excluding tert-OH is 3. The molecule has 2 aliphatic rings. The molecule has 33 heteroatoms. The van der Waals surface area contributed by atoms with Crippen LogP contribution in [0.4, 0.5) is 11.9 Å². The lowest BCUT2D eigenvalue weighted by Gasteiger charge is -2.22. The molecule has 3 unspecified atom stereocenters. The van der Waals surface area contributed by atoms with Gasteiger partial charge in [-0.15, -0.1) is 0 Å². The van der Waals surface area contributed by atoms with E-state index in [4.69, 9.17) is 43.8 Å². The number of nitrogen functional groups attached to an aromatic ring is 2. The van der Waals surface area contributed by atoms with Gasteiger partial charge in [-0.3, -0.25) is 51.3 Å². The largest absolute Gasteiger partial charge is 0.472 e. The smallest absolute Gasteiger partial charge is 0.387 e. The van der Waals surface area contributed by atoms with Gasteiger partial charge in [-0.25, -0.2) is 22.8 Å². The molecule has 0 amide bonds. The summed E-state index contributed by atoms with van der Waals surface area (Å²) in [5.74, 6) is -0.477. The molecule has 11 atom stereocenters. The van der Waals surface area contributed by atoms with Gasteiger partial charge in [0.25, 0.3) is 23.0 Å². The summed E-state index contributed by atoms with van der Waals surface area (Å²) in [4.78, 5) is 77.0.